The highest BCUT2D eigenvalue weighted by atomic mass is 19.1. The Labute approximate surface area is 187 Å². The van der Waals surface area contributed by atoms with Crippen molar-refractivity contribution < 1.29 is 9.50 Å². The van der Waals surface area contributed by atoms with E-state index in [1.54, 1.807) is 6.20 Å². The van der Waals surface area contributed by atoms with Crippen molar-refractivity contribution in [2.75, 3.05) is 23.3 Å². The first-order valence-electron chi connectivity index (χ1n) is 11.0. The molecule has 1 aromatic heterocycles. The Hall–Kier alpha value is -3.44. The second kappa shape index (κ2) is 8.97. The van der Waals surface area contributed by atoms with Gasteiger partial charge in [-0.3, -0.25) is 4.98 Å². The summed E-state index contributed by atoms with van der Waals surface area (Å²) < 4.78 is 13.7. The summed E-state index contributed by atoms with van der Waals surface area (Å²) in [4.78, 5) is 6.72. The number of rotatable bonds is 5. The van der Waals surface area contributed by atoms with Gasteiger partial charge in [0.05, 0.1) is 17.7 Å². The third-order valence-electron chi connectivity index (χ3n) is 6.32. The Morgan fingerprint density at radius 2 is 1.78 bits per heavy atom. The van der Waals surface area contributed by atoms with Gasteiger partial charge in [-0.05, 0) is 60.5 Å². The van der Waals surface area contributed by atoms with E-state index in [4.69, 9.17) is 0 Å². The fourth-order valence-corrected chi connectivity index (χ4v) is 4.62. The Kier molecular flexibility index (Phi) is 5.73. The van der Waals surface area contributed by atoms with Crippen LogP contribution in [0.2, 0.25) is 0 Å². The van der Waals surface area contributed by atoms with Crippen LogP contribution in [-0.2, 0) is 0 Å². The first kappa shape index (κ1) is 20.5. The minimum Gasteiger partial charge on any atom is -0.393 e. The Bertz CT molecular complexity index is 1180. The van der Waals surface area contributed by atoms with E-state index in [0.717, 1.165) is 34.4 Å². The van der Waals surface area contributed by atoms with Gasteiger partial charge in [-0.15, -0.1) is 0 Å². The number of hydrogen-bond donors (Lipinski definition) is 2. The number of piperidine rings is 1. The molecule has 5 heteroatoms. The molecule has 1 aliphatic rings. The van der Waals surface area contributed by atoms with Crippen LogP contribution in [0.15, 0.2) is 91.1 Å². The van der Waals surface area contributed by atoms with Crippen LogP contribution in [0.5, 0.6) is 0 Å². The molecule has 4 aromatic rings. The van der Waals surface area contributed by atoms with Crippen LogP contribution in [0, 0.1) is 11.7 Å². The summed E-state index contributed by atoms with van der Waals surface area (Å²) in [5.41, 5.74) is 3.99. The number of nitrogens with zero attached hydrogens (tertiary/aromatic N) is 2. The molecule has 0 saturated carbocycles. The number of hydrogen-bond acceptors (Lipinski definition) is 4. The van der Waals surface area contributed by atoms with Gasteiger partial charge >= 0.3 is 0 Å². The molecule has 0 unspecified atom stereocenters. The number of fused-ring (bicyclic) bond motifs is 1. The van der Waals surface area contributed by atoms with Crippen molar-refractivity contribution in [1.29, 1.82) is 0 Å². The number of pyridine rings is 1. The molecule has 5 rings (SSSR count). The van der Waals surface area contributed by atoms with Crippen molar-refractivity contribution in [3.05, 3.63) is 103 Å². The summed E-state index contributed by atoms with van der Waals surface area (Å²) in [5, 5.41) is 15.7. The largest absolute Gasteiger partial charge is 0.393 e. The van der Waals surface area contributed by atoms with Crippen LogP contribution in [0.3, 0.4) is 0 Å². The summed E-state index contributed by atoms with van der Waals surface area (Å²) in [6.07, 6.45) is 2.01. The average Bonchev–Trinajstić information content (AvgIpc) is 2.84. The zero-order chi connectivity index (χ0) is 21.9. The van der Waals surface area contributed by atoms with Crippen molar-refractivity contribution >= 4 is 22.3 Å². The molecule has 3 atom stereocenters. The lowest BCUT2D eigenvalue weighted by atomic mass is 9.83. The molecular weight excluding hydrogens is 401 g/mol. The number of benzene rings is 3. The molecule has 0 amide bonds. The van der Waals surface area contributed by atoms with E-state index in [1.165, 1.54) is 12.1 Å². The van der Waals surface area contributed by atoms with Gasteiger partial charge in [-0.1, -0.05) is 36.4 Å². The maximum absolute atomic E-state index is 13.7. The van der Waals surface area contributed by atoms with Gasteiger partial charge in [0.1, 0.15) is 5.82 Å². The number of nitrogens with one attached hydrogen (secondary N) is 1. The predicted molar refractivity (Wildman–Crippen MR) is 127 cm³/mol. The topological polar surface area (TPSA) is 48.4 Å². The molecule has 0 radical (unpaired) electrons. The number of aliphatic hydroxyl groups excluding tert-OH is 1. The molecular formula is C27H26FN3O. The fourth-order valence-electron chi connectivity index (χ4n) is 4.62. The lowest BCUT2D eigenvalue weighted by Crippen LogP contribution is -2.47. The molecule has 4 nitrogen and oxygen atoms in total. The number of anilines is 2. The Morgan fingerprint density at radius 1 is 0.969 bits per heavy atom. The lowest BCUT2D eigenvalue weighted by Gasteiger charge is -2.42. The maximum atomic E-state index is 13.7. The Balaban J connectivity index is 1.49. The standard InChI is InChI=1S/C27H26FN3O/c28-21-10-8-19(9-11-21)27(30-22-12-13-25-20(17-22)5-4-15-29-25)24-18-31(16-14-26(24)32)23-6-2-1-3-7-23/h1-13,15,17,24,26-27,30,32H,14,16,18H2/t24-,26-,27-/m1/s1. The van der Waals surface area contributed by atoms with Crippen LogP contribution in [0.4, 0.5) is 15.8 Å². The van der Waals surface area contributed by atoms with Gasteiger partial charge in [-0.2, -0.15) is 0 Å². The zero-order valence-corrected chi connectivity index (χ0v) is 17.7. The third kappa shape index (κ3) is 4.30. The highest BCUT2D eigenvalue weighted by molar-refractivity contribution is 5.82. The van der Waals surface area contributed by atoms with E-state index in [1.807, 2.05) is 54.6 Å². The summed E-state index contributed by atoms with van der Waals surface area (Å²) in [6, 6.07) is 26.7. The van der Waals surface area contributed by atoms with Crippen molar-refractivity contribution in [2.24, 2.45) is 5.92 Å². The summed E-state index contributed by atoms with van der Waals surface area (Å²) in [6.45, 7) is 1.51. The minimum absolute atomic E-state index is 0.0704. The van der Waals surface area contributed by atoms with Crippen LogP contribution >= 0.6 is 0 Å². The van der Waals surface area contributed by atoms with E-state index in [9.17, 15) is 9.50 Å². The highest BCUT2D eigenvalue weighted by Gasteiger charge is 2.35. The third-order valence-corrected chi connectivity index (χ3v) is 6.32. The molecule has 3 aromatic carbocycles. The molecule has 1 aliphatic heterocycles. The van der Waals surface area contributed by atoms with Gasteiger partial charge in [0, 0.05) is 42.0 Å². The smallest absolute Gasteiger partial charge is 0.123 e. The molecule has 0 spiro atoms. The van der Waals surface area contributed by atoms with Crippen molar-refractivity contribution in [1.82, 2.24) is 4.98 Å². The van der Waals surface area contributed by atoms with Crippen molar-refractivity contribution in [2.45, 2.75) is 18.6 Å². The summed E-state index contributed by atoms with van der Waals surface area (Å²) in [5.74, 6) is -0.335. The average molecular weight is 428 g/mol. The van der Waals surface area contributed by atoms with Crippen molar-refractivity contribution in [3.63, 3.8) is 0 Å². The molecule has 32 heavy (non-hydrogen) atoms. The number of aliphatic hydroxyl groups is 1. The van der Waals surface area contributed by atoms with Gasteiger partial charge < -0.3 is 15.3 Å². The van der Waals surface area contributed by atoms with E-state index < -0.39 is 6.10 Å². The van der Waals surface area contributed by atoms with Gasteiger partial charge in [0.25, 0.3) is 0 Å². The normalized spacial score (nSPS) is 19.6. The monoisotopic (exact) mass is 427 g/mol. The number of aromatic nitrogens is 1. The molecule has 1 fully saturated rings. The predicted octanol–water partition coefficient (Wildman–Crippen LogP) is 5.41. The quantitative estimate of drug-likeness (QED) is 0.447. The van der Waals surface area contributed by atoms with Gasteiger partial charge in [0.2, 0.25) is 0 Å². The van der Waals surface area contributed by atoms with Gasteiger partial charge in [-0.25, -0.2) is 4.39 Å². The first-order chi connectivity index (χ1) is 15.7. The number of halogens is 1. The van der Waals surface area contributed by atoms with Crippen LogP contribution in [0.1, 0.15) is 18.0 Å². The first-order valence-corrected chi connectivity index (χ1v) is 11.0. The van der Waals surface area contributed by atoms with E-state index in [2.05, 4.69) is 33.4 Å². The zero-order valence-electron chi connectivity index (χ0n) is 17.7. The fraction of sp³-hybridized carbons (Fsp3) is 0.222. The molecule has 2 N–H and O–H groups in total. The van der Waals surface area contributed by atoms with E-state index in [-0.39, 0.29) is 17.8 Å². The van der Waals surface area contributed by atoms with Gasteiger partial charge in [0.15, 0.2) is 0 Å². The van der Waals surface area contributed by atoms with Crippen LogP contribution in [-0.4, -0.2) is 29.3 Å². The van der Waals surface area contributed by atoms with E-state index in [0.29, 0.717) is 13.0 Å². The summed E-state index contributed by atoms with van der Waals surface area (Å²) >= 11 is 0. The molecule has 0 bridgehead atoms. The second-order valence-electron chi connectivity index (χ2n) is 8.39. The molecule has 1 saturated heterocycles. The van der Waals surface area contributed by atoms with Crippen LogP contribution in [0.25, 0.3) is 10.9 Å². The molecule has 2 heterocycles. The van der Waals surface area contributed by atoms with E-state index >= 15 is 0 Å². The molecule has 162 valence electrons. The molecule has 0 aliphatic carbocycles. The van der Waals surface area contributed by atoms with Crippen LogP contribution < -0.4 is 10.2 Å². The highest BCUT2D eigenvalue weighted by Crippen LogP contribution is 2.35. The lowest BCUT2D eigenvalue weighted by molar-refractivity contribution is 0.0775. The SMILES string of the molecule is O[C@@H]1CCN(c2ccccc2)C[C@H]1[C@H](Nc1ccc2ncccc2c1)c1ccc(F)cc1. The summed E-state index contributed by atoms with van der Waals surface area (Å²) in [7, 11) is 0. The Morgan fingerprint density at radius 3 is 2.59 bits per heavy atom. The maximum Gasteiger partial charge on any atom is 0.123 e. The van der Waals surface area contributed by atoms with Crippen molar-refractivity contribution in [3.8, 4) is 0 Å². The second-order valence-corrected chi connectivity index (χ2v) is 8.39. The minimum atomic E-state index is -0.459. The number of para-hydroxylation sites is 1.